The summed E-state index contributed by atoms with van der Waals surface area (Å²) < 4.78 is 5.73. The van der Waals surface area contributed by atoms with Gasteiger partial charge in [-0.2, -0.15) is 11.8 Å². The van der Waals surface area contributed by atoms with E-state index in [1.807, 2.05) is 37.7 Å². The zero-order valence-electron chi connectivity index (χ0n) is 15.3. The molecular formula is C18H32IN3OS. The van der Waals surface area contributed by atoms with Gasteiger partial charge in [-0.05, 0) is 63.3 Å². The Hall–Kier alpha value is -0.630. The number of benzene rings is 1. The molecule has 0 aliphatic carbocycles. The molecule has 0 bridgehead atoms. The van der Waals surface area contributed by atoms with Gasteiger partial charge in [0.15, 0.2) is 5.96 Å². The van der Waals surface area contributed by atoms with E-state index in [9.17, 15) is 0 Å². The molecule has 0 atom stereocenters. The van der Waals surface area contributed by atoms with Gasteiger partial charge in [-0.15, -0.1) is 24.0 Å². The molecule has 0 amide bonds. The first-order chi connectivity index (χ1) is 11.2. The van der Waals surface area contributed by atoms with Crippen molar-refractivity contribution in [1.82, 2.24) is 10.6 Å². The summed E-state index contributed by atoms with van der Waals surface area (Å²) in [6.45, 7) is 8.64. The normalized spacial score (nSPS) is 11.1. The Morgan fingerprint density at radius 1 is 1.25 bits per heavy atom. The number of unbranched alkanes of at least 4 members (excludes halogenated alkanes) is 1. The lowest BCUT2D eigenvalue weighted by molar-refractivity contribution is 0.242. The van der Waals surface area contributed by atoms with Crippen molar-refractivity contribution in [3.63, 3.8) is 0 Å². The third kappa shape index (κ3) is 11.0. The molecule has 0 aliphatic heterocycles. The van der Waals surface area contributed by atoms with E-state index in [1.54, 1.807) is 0 Å². The van der Waals surface area contributed by atoms with E-state index in [4.69, 9.17) is 4.74 Å². The first-order valence-electron chi connectivity index (χ1n) is 8.42. The van der Waals surface area contributed by atoms with Crippen LogP contribution in [-0.2, 0) is 6.54 Å². The van der Waals surface area contributed by atoms with Crippen LogP contribution in [0.4, 0.5) is 0 Å². The third-order valence-corrected chi connectivity index (χ3v) is 3.80. The van der Waals surface area contributed by atoms with Gasteiger partial charge in [0.25, 0.3) is 0 Å². The average Bonchev–Trinajstić information content (AvgIpc) is 2.52. The lowest BCUT2D eigenvalue weighted by atomic mass is 10.2. The van der Waals surface area contributed by atoms with Crippen molar-refractivity contribution < 1.29 is 4.74 Å². The van der Waals surface area contributed by atoms with Crippen LogP contribution in [0.2, 0.25) is 0 Å². The van der Waals surface area contributed by atoms with E-state index in [0.29, 0.717) is 6.54 Å². The van der Waals surface area contributed by atoms with Crippen molar-refractivity contribution in [3.05, 3.63) is 29.8 Å². The summed E-state index contributed by atoms with van der Waals surface area (Å²) in [7, 11) is 0. The van der Waals surface area contributed by atoms with Crippen LogP contribution in [0, 0.1) is 0 Å². The fraction of sp³-hybridized carbons (Fsp3) is 0.611. The zero-order valence-corrected chi connectivity index (χ0v) is 18.4. The summed E-state index contributed by atoms with van der Waals surface area (Å²) in [5.41, 5.74) is 1.16. The lowest BCUT2D eigenvalue weighted by Crippen LogP contribution is -2.37. The van der Waals surface area contributed by atoms with Crippen LogP contribution in [0.5, 0.6) is 5.75 Å². The van der Waals surface area contributed by atoms with E-state index >= 15 is 0 Å². The van der Waals surface area contributed by atoms with Gasteiger partial charge in [-0.1, -0.05) is 12.1 Å². The fourth-order valence-electron chi connectivity index (χ4n) is 2.08. The average molecular weight is 465 g/mol. The van der Waals surface area contributed by atoms with E-state index in [-0.39, 0.29) is 30.1 Å². The lowest BCUT2D eigenvalue weighted by Gasteiger charge is -2.12. The standard InChI is InChI=1S/C18H31N3OS.HI/c1-5-19-18(20-11-6-7-12-23-4)21-14-16-9-8-10-17(13-16)22-15(2)3;/h8-10,13,15H,5-7,11-12,14H2,1-4H3,(H2,19,20,21);1H. The Morgan fingerprint density at radius 2 is 2.04 bits per heavy atom. The maximum Gasteiger partial charge on any atom is 0.191 e. The highest BCUT2D eigenvalue weighted by atomic mass is 127. The number of guanidine groups is 1. The number of thioether (sulfide) groups is 1. The molecule has 0 unspecified atom stereocenters. The summed E-state index contributed by atoms with van der Waals surface area (Å²) in [5, 5.41) is 6.69. The van der Waals surface area contributed by atoms with Gasteiger partial charge >= 0.3 is 0 Å². The molecular weight excluding hydrogens is 433 g/mol. The molecule has 0 radical (unpaired) electrons. The summed E-state index contributed by atoms with van der Waals surface area (Å²) in [6.07, 6.45) is 4.75. The number of nitrogens with one attached hydrogen (secondary N) is 2. The predicted octanol–water partition coefficient (Wildman–Crippen LogP) is 4.29. The maximum absolute atomic E-state index is 5.73. The number of rotatable bonds is 10. The summed E-state index contributed by atoms with van der Waals surface area (Å²) in [5.74, 6) is 3.01. The van der Waals surface area contributed by atoms with E-state index < -0.39 is 0 Å². The number of hydrogen-bond acceptors (Lipinski definition) is 3. The minimum Gasteiger partial charge on any atom is -0.491 e. The second-order valence-corrected chi connectivity index (χ2v) is 6.62. The van der Waals surface area contributed by atoms with Crippen LogP contribution in [-0.4, -0.2) is 37.2 Å². The van der Waals surface area contributed by atoms with Crippen LogP contribution >= 0.6 is 35.7 Å². The van der Waals surface area contributed by atoms with Crippen molar-refractivity contribution in [2.24, 2.45) is 4.99 Å². The summed E-state index contributed by atoms with van der Waals surface area (Å²) >= 11 is 1.90. The molecule has 4 nitrogen and oxygen atoms in total. The Morgan fingerprint density at radius 3 is 2.71 bits per heavy atom. The first kappa shape index (κ1) is 23.4. The molecule has 0 aromatic heterocycles. The molecule has 0 heterocycles. The fourth-order valence-corrected chi connectivity index (χ4v) is 2.57. The Balaban J connectivity index is 0.00000529. The SMILES string of the molecule is CCNC(=NCc1cccc(OC(C)C)c1)NCCCCSC.I. The number of aliphatic imine (C=N–C) groups is 1. The van der Waals surface area contributed by atoms with E-state index in [1.165, 1.54) is 18.6 Å². The minimum absolute atomic E-state index is 0. The monoisotopic (exact) mass is 465 g/mol. The zero-order chi connectivity index (χ0) is 16.9. The Labute approximate surface area is 168 Å². The van der Waals surface area contributed by atoms with Crippen molar-refractivity contribution >= 4 is 41.7 Å². The molecule has 0 saturated carbocycles. The van der Waals surface area contributed by atoms with Crippen LogP contribution in [0.25, 0.3) is 0 Å². The van der Waals surface area contributed by atoms with Gasteiger partial charge in [-0.25, -0.2) is 4.99 Å². The quantitative estimate of drug-likeness (QED) is 0.234. The van der Waals surface area contributed by atoms with Gasteiger partial charge in [0, 0.05) is 13.1 Å². The minimum atomic E-state index is 0. The number of halogens is 1. The molecule has 2 N–H and O–H groups in total. The second-order valence-electron chi connectivity index (χ2n) is 5.64. The predicted molar refractivity (Wildman–Crippen MR) is 118 cm³/mol. The van der Waals surface area contributed by atoms with E-state index in [2.05, 4.69) is 40.9 Å². The van der Waals surface area contributed by atoms with Crippen LogP contribution in [0.3, 0.4) is 0 Å². The number of hydrogen-bond donors (Lipinski definition) is 2. The van der Waals surface area contributed by atoms with Crippen LogP contribution in [0.1, 0.15) is 39.2 Å². The number of nitrogens with zero attached hydrogens (tertiary/aromatic N) is 1. The van der Waals surface area contributed by atoms with Gasteiger partial charge < -0.3 is 15.4 Å². The van der Waals surface area contributed by atoms with Crippen molar-refractivity contribution in [2.45, 2.75) is 46.3 Å². The van der Waals surface area contributed by atoms with Gasteiger partial charge in [0.2, 0.25) is 0 Å². The molecule has 0 fully saturated rings. The smallest absolute Gasteiger partial charge is 0.191 e. The van der Waals surface area contributed by atoms with Gasteiger partial charge in [0.05, 0.1) is 12.6 Å². The van der Waals surface area contributed by atoms with Crippen LogP contribution < -0.4 is 15.4 Å². The Kier molecular flexibility index (Phi) is 14.3. The first-order valence-corrected chi connectivity index (χ1v) is 9.81. The van der Waals surface area contributed by atoms with Crippen molar-refractivity contribution in [1.29, 1.82) is 0 Å². The third-order valence-electron chi connectivity index (χ3n) is 3.10. The molecule has 0 saturated heterocycles. The second kappa shape index (κ2) is 14.7. The molecule has 1 rings (SSSR count). The molecule has 138 valence electrons. The molecule has 6 heteroatoms. The van der Waals surface area contributed by atoms with Crippen molar-refractivity contribution in [3.8, 4) is 5.75 Å². The van der Waals surface area contributed by atoms with Gasteiger partial charge in [0.1, 0.15) is 5.75 Å². The molecule has 1 aromatic rings. The molecule has 1 aromatic carbocycles. The topological polar surface area (TPSA) is 45.7 Å². The summed E-state index contributed by atoms with van der Waals surface area (Å²) in [4.78, 5) is 4.66. The molecule has 0 spiro atoms. The maximum atomic E-state index is 5.73. The molecule has 24 heavy (non-hydrogen) atoms. The van der Waals surface area contributed by atoms with Crippen molar-refractivity contribution in [2.75, 3.05) is 25.1 Å². The van der Waals surface area contributed by atoms with Gasteiger partial charge in [-0.3, -0.25) is 0 Å². The number of ether oxygens (including phenoxy) is 1. The van der Waals surface area contributed by atoms with Crippen LogP contribution in [0.15, 0.2) is 29.3 Å². The Bertz CT molecular complexity index is 469. The highest BCUT2D eigenvalue weighted by Crippen LogP contribution is 2.15. The highest BCUT2D eigenvalue weighted by molar-refractivity contribution is 14.0. The molecule has 0 aliphatic rings. The summed E-state index contributed by atoms with van der Waals surface area (Å²) in [6, 6.07) is 8.15. The largest absolute Gasteiger partial charge is 0.491 e. The highest BCUT2D eigenvalue weighted by Gasteiger charge is 2.01. The van der Waals surface area contributed by atoms with E-state index in [0.717, 1.165) is 30.4 Å².